The molecule has 19 heavy (non-hydrogen) atoms. The van der Waals surface area contributed by atoms with Crippen LogP contribution in [0.1, 0.15) is 51.0 Å². The maximum absolute atomic E-state index is 13.7. The molecule has 3 heteroatoms. The fourth-order valence-electron chi connectivity index (χ4n) is 2.91. The summed E-state index contributed by atoms with van der Waals surface area (Å²) in [6.07, 6.45) is 8.09. The molecule has 1 atom stereocenters. The van der Waals surface area contributed by atoms with Crippen LogP contribution in [0.4, 0.5) is 4.39 Å². The van der Waals surface area contributed by atoms with Crippen molar-refractivity contribution in [3.63, 3.8) is 0 Å². The van der Waals surface area contributed by atoms with Gasteiger partial charge in [-0.2, -0.15) is 0 Å². The lowest BCUT2D eigenvalue weighted by Crippen LogP contribution is -2.33. The van der Waals surface area contributed by atoms with Gasteiger partial charge in [-0.25, -0.2) is 4.39 Å². The van der Waals surface area contributed by atoms with Gasteiger partial charge in [-0.3, -0.25) is 0 Å². The summed E-state index contributed by atoms with van der Waals surface area (Å²) < 4.78 is 14.5. The Morgan fingerprint density at radius 3 is 2.58 bits per heavy atom. The minimum atomic E-state index is -0.130. The number of benzene rings is 1. The highest BCUT2D eigenvalue weighted by molar-refractivity contribution is 9.10. The molecule has 1 aliphatic rings. The number of nitrogens with one attached hydrogen (secondary N) is 1. The second-order valence-corrected chi connectivity index (χ2v) is 6.57. The van der Waals surface area contributed by atoms with Gasteiger partial charge in [0.25, 0.3) is 0 Å². The van der Waals surface area contributed by atoms with Crippen LogP contribution in [-0.4, -0.2) is 6.04 Å². The maximum Gasteiger partial charge on any atom is 0.128 e. The third-order valence-corrected chi connectivity index (χ3v) is 4.73. The van der Waals surface area contributed by atoms with Gasteiger partial charge in [-0.1, -0.05) is 47.7 Å². The van der Waals surface area contributed by atoms with Crippen molar-refractivity contribution in [2.24, 2.45) is 5.92 Å². The number of halogens is 2. The third-order valence-electron chi connectivity index (χ3n) is 4.24. The molecule has 2 rings (SSSR count). The zero-order chi connectivity index (χ0) is 13.7. The Balaban J connectivity index is 1.86. The summed E-state index contributed by atoms with van der Waals surface area (Å²) in [5.74, 6) is 0.621. The van der Waals surface area contributed by atoms with Crippen molar-refractivity contribution in [2.75, 3.05) is 0 Å². The first-order valence-corrected chi connectivity index (χ1v) is 8.13. The van der Waals surface area contributed by atoms with E-state index in [2.05, 4.69) is 28.2 Å². The molecule has 0 spiro atoms. The lowest BCUT2D eigenvalue weighted by Gasteiger charge is -2.23. The monoisotopic (exact) mass is 327 g/mol. The van der Waals surface area contributed by atoms with Crippen LogP contribution in [0, 0.1) is 11.7 Å². The molecular formula is C16H23BrFN. The van der Waals surface area contributed by atoms with Crippen LogP contribution in [0.3, 0.4) is 0 Å². The second-order valence-electron chi connectivity index (χ2n) is 5.66. The fourth-order valence-corrected chi connectivity index (χ4v) is 3.25. The quantitative estimate of drug-likeness (QED) is 0.764. The van der Waals surface area contributed by atoms with E-state index < -0.39 is 0 Å². The summed E-state index contributed by atoms with van der Waals surface area (Å²) in [5.41, 5.74) is 0.753. The van der Waals surface area contributed by atoms with E-state index in [0.29, 0.717) is 12.6 Å². The molecule has 0 heterocycles. The normalized spacial score (nSPS) is 19.1. The Hall–Kier alpha value is -0.410. The van der Waals surface area contributed by atoms with Crippen LogP contribution in [0.15, 0.2) is 22.7 Å². The van der Waals surface area contributed by atoms with Gasteiger partial charge in [0.15, 0.2) is 0 Å². The van der Waals surface area contributed by atoms with Crippen LogP contribution in [0.25, 0.3) is 0 Å². The van der Waals surface area contributed by atoms with Crippen molar-refractivity contribution in [3.8, 4) is 0 Å². The Labute approximate surface area is 124 Å². The van der Waals surface area contributed by atoms with E-state index in [4.69, 9.17) is 0 Å². The summed E-state index contributed by atoms with van der Waals surface area (Å²) in [6.45, 7) is 2.86. The molecule has 1 nitrogen and oxygen atoms in total. The zero-order valence-corrected chi connectivity index (χ0v) is 13.2. The molecule has 0 bridgehead atoms. The largest absolute Gasteiger partial charge is 0.310 e. The molecule has 0 unspecified atom stereocenters. The van der Waals surface area contributed by atoms with E-state index in [1.54, 1.807) is 0 Å². The summed E-state index contributed by atoms with van der Waals surface area (Å²) in [6, 6.07) is 5.76. The highest BCUT2D eigenvalue weighted by atomic mass is 79.9. The Morgan fingerprint density at radius 1 is 1.26 bits per heavy atom. The van der Waals surface area contributed by atoms with Crippen molar-refractivity contribution in [2.45, 2.75) is 58.0 Å². The van der Waals surface area contributed by atoms with Gasteiger partial charge in [0, 0.05) is 22.6 Å². The topological polar surface area (TPSA) is 12.0 Å². The number of hydrogen-bond donors (Lipinski definition) is 1. The molecule has 1 aromatic rings. The van der Waals surface area contributed by atoms with Crippen molar-refractivity contribution in [3.05, 3.63) is 34.1 Å². The number of hydrogen-bond acceptors (Lipinski definition) is 1. The van der Waals surface area contributed by atoms with Crippen molar-refractivity contribution in [1.29, 1.82) is 0 Å². The summed E-state index contributed by atoms with van der Waals surface area (Å²) in [4.78, 5) is 0. The van der Waals surface area contributed by atoms with Gasteiger partial charge in [-0.15, -0.1) is 0 Å². The Morgan fingerprint density at radius 2 is 1.95 bits per heavy atom. The molecule has 0 aromatic heterocycles. The van der Waals surface area contributed by atoms with Gasteiger partial charge in [-0.05, 0) is 37.8 Å². The average molecular weight is 328 g/mol. The molecule has 0 aliphatic heterocycles. The van der Waals surface area contributed by atoms with E-state index in [0.717, 1.165) is 16.0 Å². The molecule has 1 aliphatic carbocycles. The average Bonchev–Trinajstić information content (AvgIpc) is 2.66. The summed E-state index contributed by atoms with van der Waals surface area (Å²) in [7, 11) is 0. The fraction of sp³-hybridized carbons (Fsp3) is 0.625. The van der Waals surface area contributed by atoms with E-state index >= 15 is 0 Å². The first-order chi connectivity index (χ1) is 9.16. The molecule has 1 N–H and O–H groups in total. The van der Waals surface area contributed by atoms with Crippen molar-refractivity contribution >= 4 is 15.9 Å². The number of rotatable bonds is 4. The van der Waals surface area contributed by atoms with Crippen LogP contribution in [-0.2, 0) is 6.54 Å². The SMILES string of the molecule is C[C@H](NCc1ccc(Br)cc1F)C1CCCCCC1. The lowest BCUT2D eigenvalue weighted by atomic mass is 9.93. The first kappa shape index (κ1) is 15.0. The minimum Gasteiger partial charge on any atom is -0.310 e. The molecular weight excluding hydrogens is 305 g/mol. The molecule has 106 valence electrons. The molecule has 1 fully saturated rings. The molecule has 1 aromatic carbocycles. The van der Waals surface area contributed by atoms with Gasteiger partial charge < -0.3 is 5.32 Å². The van der Waals surface area contributed by atoms with Gasteiger partial charge in [0.05, 0.1) is 0 Å². The predicted octanol–water partition coefficient (Wildman–Crippen LogP) is 5.04. The Bertz CT molecular complexity index is 400. The molecule has 0 saturated heterocycles. The highest BCUT2D eigenvalue weighted by Crippen LogP contribution is 2.25. The Kier molecular flexibility index (Phi) is 5.83. The van der Waals surface area contributed by atoms with Crippen LogP contribution >= 0.6 is 15.9 Å². The standard InChI is InChI=1S/C16H23BrFN/c1-12(13-6-4-2-3-5-7-13)19-11-14-8-9-15(17)10-16(14)18/h8-10,12-13,19H,2-7,11H2,1H3/t12-/m0/s1. The molecule has 0 amide bonds. The predicted molar refractivity (Wildman–Crippen MR) is 81.6 cm³/mol. The first-order valence-electron chi connectivity index (χ1n) is 7.34. The molecule has 0 radical (unpaired) electrons. The maximum atomic E-state index is 13.7. The van der Waals surface area contributed by atoms with E-state index in [1.165, 1.54) is 44.6 Å². The summed E-state index contributed by atoms with van der Waals surface area (Å²) in [5, 5.41) is 3.50. The lowest BCUT2D eigenvalue weighted by molar-refractivity contribution is 0.335. The second kappa shape index (κ2) is 7.39. The summed E-state index contributed by atoms with van der Waals surface area (Å²) >= 11 is 3.29. The smallest absolute Gasteiger partial charge is 0.128 e. The highest BCUT2D eigenvalue weighted by Gasteiger charge is 2.18. The van der Waals surface area contributed by atoms with Gasteiger partial charge in [0.1, 0.15) is 5.82 Å². The van der Waals surface area contributed by atoms with Crippen molar-refractivity contribution in [1.82, 2.24) is 5.32 Å². The minimum absolute atomic E-state index is 0.130. The van der Waals surface area contributed by atoms with E-state index in [9.17, 15) is 4.39 Å². The zero-order valence-electron chi connectivity index (χ0n) is 11.6. The van der Waals surface area contributed by atoms with Crippen molar-refractivity contribution < 1.29 is 4.39 Å². The van der Waals surface area contributed by atoms with Gasteiger partial charge in [0.2, 0.25) is 0 Å². The third kappa shape index (κ3) is 4.57. The van der Waals surface area contributed by atoms with Crippen LogP contribution in [0.5, 0.6) is 0 Å². The van der Waals surface area contributed by atoms with Gasteiger partial charge >= 0.3 is 0 Å². The molecule has 1 saturated carbocycles. The van der Waals surface area contributed by atoms with E-state index in [1.807, 2.05) is 12.1 Å². The van der Waals surface area contributed by atoms with Crippen LogP contribution in [0.2, 0.25) is 0 Å². The van der Waals surface area contributed by atoms with E-state index in [-0.39, 0.29) is 5.82 Å². The van der Waals surface area contributed by atoms with Crippen LogP contribution < -0.4 is 5.32 Å².